The largest absolute Gasteiger partial charge is 0.550 e. The molecule has 5 nitrogen and oxygen atoms in total. The lowest BCUT2D eigenvalue weighted by molar-refractivity contribution is -0.313. The predicted molar refractivity (Wildman–Crippen MR) is 83.1 cm³/mol. The van der Waals surface area contributed by atoms with Crippen LogP contribution in [0.1, 0.15) is 6.42 Å². The van der Waals surface area contributed by atoms with Gasteiger partial charge in [0, 0.05) is 17.3 Å². The van der Waals surface area contributed by atoms with Crippen molar-refractivity contribution in [2.24, 2.45) is 23.7 Å². The molecule has 1 fully saturated rings. The number of fused-ring (bicyclic) bond motifs is 3. The summed E-state index contributed by atoms with van der Waals surface area (Å²) >= 11 is 0. The number of aromatic nitrogens is 1. The van der Waals surface area contributed by atoms with Gasteiger partial charge >= 0.3 is 0 Å². The molecule has 4 rings (SSSR count). The van der Waals surface area contributed by atoms with Gasteiger partial charge in [0.15, 0.2) is 0 Å². The van der Waals surface area contributed by atoms with E-state index in [0.717, 1.165) is 10.9 Å². The molecule has 0 saturated heterocycles. The molecule has 4 atom stereocenters. The number of allylic oxidation sites excluding steroid dienone is 2. The number of anilines is 1. The third kappa shape index (κ3) is 2.29. The van der Waals surface area contributed by atoms with E-state index in [9.17, 15) is 14.7 Å². The van der Waals surface area contributed by atoms with E-state index in [4.69, 9.17) is 0 Å². The van der Waals surface area contributed by atoms with Crippen molar-refractivity contribution in [2.45, 2.75) is 6.42 Å². The van der Waals surface area contributed by atoms with Crippen LogP contribution in [0, 0.1) is 23.7 Å². The molecule has 2 aliphatic rings. The van der Waals surface area contributed by atoms with Gasteiger partial charge in [-0.25, -0.2) is 0 Å². The number of pyridine rings is 1. The number of rotatable bonds is 3. The molecule has 5 heteroatoms. The summed E-state index contributed by atoms with van der Waals surface area (Å²) in [6.07, 6.45) is 6.16. The molecular weight excluding hydrogens is 292 g/mol. The maximum Gasteiger partial charge on any atom is 0.228 e. The van der Waals surface area contributed by atoms with Gasteiger partial charge in [-0.3, -0.25) is 9.78 Å². The van der Waals surface area contributed by atoms with Crippen LogP contribution in [0.15, 0.2) is 48.7 Å². The zero-order valence-corrected chi connectivity index (χ0v) is 12.3. The molecule has 0 unspecified atom stereocenters. The van der Waals surface area contributed by atoms with Crippen molar-refractivity contribution < 1.29 is 14.7 Å². The van der Waals surface area contributed by atoms with Gasteiger partial charge < -0.3 is 15.2 Å². The SMILES string of the molecule is O=C([O-])[C@@H]1[C@H](C(=O)Nc2cnc3ccccc3c2)[C@H]2C=C[C@H]1C2. The molecule has 2 aromatic rings. The van der Waals surface area contributed by atoms with Gasteiger partial charge in [0.1, 0.15) is 0 Å². The number of aliphatic carboxylic acids is 1. The molecule has 0 radical (unpaired) electrons. The van der Waals surface area contributed by atoms with E-state index in [-0.39, 0.29) is 17.7 Å². The average Bonchev–Trinajstić information content (AvgIpc) is 3.15. The lowest BCUT2D eigenvalue weighted by Gasteiger charge is -2.27. The van der Waals surface area contributed by atoms with Crippen molar-refractivity contribution in [1.82, 2.24) is 4.98 Å². The van der Waals surface area contributed by atoms with Crippen LogP contribution in [0.4, 0.5) is 5.69 Å². The van der Waals surface area contributed by atoms with Crippen LogP contribution in [0.25, 0.3) is 10.9 Å². The summed E-state index contributed by atoms with van der Waals surface area (Å²) in [5.74, 6) is -2.82. The second-order valence-electron chi connectivity index (χ2n) is 6.22. The Kier molecular flexibility index (Phi) is 3.15. The minimum absolute atomic E-state index is 0.0173. The molecule has 2 aliphatic carbocycles. The highest BCUT2D eigenvalue weighted by molar-refractivity contribution is 5.97. The van der Waals surface area contributed by atoms with E-state index in [2.05, 4.69) is 10.3 Å². The number of hydrogen-bond donors (Lipinski definition) is 1. The molecule has 1 heterocycles. The van der Waals surface area contributed by atoms with E-state index < -0.39 is 17.8 Å². The Hall–Kier alpha value is -2.69. The maximum absolute atomic E-state index is 12.6. The highest BCUT2D eigenvalue weighted by Gasteiger charge is 2.48. The third-order valence-corrected chi connectivity index (χ3v) is 4.89. The normalized spacial score (nSPS) is 28.2. The van der Waals surface area contributed by atoms with Gasteiger partial charge in [-0.2, -0.15) is 0 Å². The number of benzene rings is 1. The topological polar surface area (TPSA) is 82.1 Å². The van der Waals surface area contributed by atoms with Crippen molar-refractivity contribution in [3.8, 4) is 0 Å². The van der Waals surface area contributed by atoms with Crippen LogP contribution >= 0.6 is 0 Å². The van der Waals surface area contributed by atoms with Gasteiger partial charge in [0.25, 0.3) is 0 Å². The standard InChI is InChI=1S/C18H16N2O3/c21-17(15-11-5-6-12(7-11)16(15)18(22)23)20-13-8-10-3-1-2-4-14(10)19-9-13/h1-6,8-9,11-12,15-16H,7H2,(H,20,21)(H,22,23)/p-1/t11-,12-,15+,16-/m0/s1. The summed E-state index contributed by atoms with van der Waals surface area (Å²) in [6, 6.07) is 9.47. The number of carbonyl (C=O) groups is 2. The maximum atomic E-state index is 12.6. The summed E-state index contributed by atoms with van der Waals surface area (Å²) in [5.41, 5.74) is 1.43. The summed E-state index contributed by atoms with van der Waals surface area (Å²) < 4.78 is 0. The third-order valence-electron chi connectivity index (χ3n) is 4.89. The number of para-hydroxylation sites is 1. The number of carboxylic acids is 1. The molecule has 1 saturated carbocycles. The first-order chi connectivity index (χ1) is 11.1. The number of amides is 1. The lowest BCUT2D eigenvalue weighted by Crippen LogP contribution is -2.42. The number of carboxylic acid groups (broad SMARTS) is 1. The number of nitrogens with zero attached hydrogens (tertiary/aromatic N) is 1. The van der Waals surface area contributed by atoms with Crippen molar-refractivity contribution in [2.75, 3.05) is 5.32 Å². The van der Waals surface area contributed by atoms with E-state index in [0.29, 0.717) is 12.1 Å². The van der Waals surface area contributed by atoms with Crippen LogP contribution in [-0.4, -0.2) is 16.9 Å². The summed E-state index contributed by atoms with van der Waals surface area (Å²) in [7, 11) is 0. The fraction of sp³-hybridized carbons (Fsp3) is 0.278. The Labute approximate surface area is 133 Å². The molecule has 2 bridgehead atoms. The predicted octanol–water partition coefficient (Wildman–Crippen LogP) is 1.36. The van der Waals surface area contributed by atoms with Crippen LogP contribution < -0.4 is 10.4 Å². The fourth-order valence-electron chi connectivity index (χ4n) is 3.87. The quantitative estimate of drug-likeness (QED) is 0.868. The van der Waals surface area contributed by atoms with Crippen LogP contribution in [0.3, 0.4) is 0 Å². The zero-order chi connectivity index (χ0) is 16.0. The summed E-state index contributed by atoms with van der Waals surface area (Å²) in [6.45, 7) is 0. The van der Waals surface area contributed by atoms with Crippen molar-refractivity contribution in [3.05, 3.63) is 48.7 Å². The second-order valence-corrected chi connectivity index (χ2v) is 6.22. The van der Waals surface area contributed by atoms with E-state index in [1.807, 2.05) is 42.5 Å². The first kappa shape index (κ1) is 13.9. The van der Waals surface area contributed by atoms with Crippen LogP contribution in [0.2, 0.25) is 0 Å². The Morgan fingerprint density at radius 2 is 1.87 bits per heavy atom. The van der Waals surface area contributed by atoms with Crippen LogP contribution in [-0.2, 0) is 9.59 Å². The first-order valence-electron chi connectivity index (χ1n) is 7.68. The van der Waals surface area contributed by atoms with Crippen molar-refractivity contribution in [1.29, 1.82) is 0 Å². The summed E-state index contributed by atoms with van der Waals surface area (Å²) in [4.78, 5) is 28.3. The minimum Gasteiger partial charge on any atom is -0.550 e. The van der Waals surface area contributed by atoms with Gasteiger partial charge in [-0.1, -0.05) is 30.4 Å². The molecule has 1 aromatic carbocycles. The number of nitrogens with one attached hydrogen (secondary N) is 1. The van der Waals surface area contributed by atoms with E-state index >= 15 is 0 Å². The van der Waals surface area contributed by atoms with Gasteiger partial charge in [0.2, 0.25) is 5.91 Å². The smallest absolute Gasteiger partial charge is 0.228 e. The lowest BCUT2D eigenvalue weighted by atomic mass is 9.82. The Morgan fingerprint density at radius 1 is 1.13 bits per heavy atom. The Bertz CT molecular complexity index is 830. The monoisotopic (exact) mass is 307 g/mol. The number of hydrogen-bond acceptors (Lipinski definition) is 4. The second kappa shape index (κ2) is 5.19. The van der Waals surface area contributed by atoms with E-state index in [1.165, 1.54) is 0 Å². The minimum atomic E-state index is -1.14. The van der Waals surface area contributed by atoms with Crippen molar-refractivity contribution in [3.63, 3.8) is 0 Å². The van der Waals surface area contributed by atoms with Gasteiger partial charge in [-0.15, -0.1) is 0 Å². The highest BCUT2D eigenvalue weighted by Crippen LogP contribution is 2.48. The molecule has 0 spiro atoms. The fourth-order valence-corrected chi connectivity index (χ4v) is 3.87. The molecule has 1 amide bonds. The first-order valence-corrected chi connectivity index (χ1v) is 7.68. The molecule has 0 aliphatic heterocycles. The molecule has 1 aromatic heterocycles. The van der Waals surface area contributed by atoms with E-state index in [1.54, 1.807) is 6.20 Å². The summed E-state index contributed by atoms with van der Waals surface area (Å²) in [5, 5.41) is 15.1. The Balaban J connectivity index is 1.59. The molecule has 116 valence electrons. The molecular formula is C18H15N2O3-. The molecule has 23 heavy (non-hydrogen) atoms. The van der Waals surface area contributed by atoms with Crippen molar-refractivity contribution >= 4 is 28.5 Å². The number of carbonyl (C=O) groups excluding carboxylic acids is 2. The van der Waals surface area contributed by atoms with Crippen LogP contribution in [0.5, 0.6) is 0 Å². The molecule has 1 N–H and O–H groups in total. The highest BCUT2D eigenvalue weighted by atomic mass is 16.4. The van der Waals surface area contributed by atoms with Gasteiger partial charge in [-0.05, 0) is 30.4 Å². The zero-order valence-electron chi connectivity index (χ0n) is 12.3. The van der Waals surface area contributed by atoms with Gasteiger partial charge in [0.05, 0.1) is 23.3 Å². The average molecular weight is 307 g/mol. The Morgan fingerprint density at radius 3 is 2.65 bits per heavy atom.